The van der Waals surface area contributed by atoms with Crippen molar-refractivity contribution in [3.63, 3.8) is 0 Å². The predicted octanol–water partition coefficient (Wildman–Crippen LogP) is 5.09. The second kappa shape index (κ2) is 8.72. The first-order chi connectivity index (χ1) is 13.8. The number of aryl methyl sites for hydroxylation is 1. The Kier molecular flexibility index (Phi) is 5.69. The van der Waals surface area contributed by atoms with E-state index in [-0.39, 0.29) is 0 Å². The maximum absolute atomic E-state index is 6.05. The third-order valence-electron chi connectivity index (χ3n) is 4.96. The molecule has 0 saturated heterocycles. The molecule has 0 bridgehead atoms. The number of hydrogen-bond donors (Lipinski definition) is 2. The van der Waals surface area contributed by atoms with Gasteiger partial charge in [0.15, 0.2) is 0 Å². The Morgan fingerprint density at radius 3 is 2.64 bits per heavy atom. The predicted molar refractivity (Wildman–Crippen MR) is 114 cm³/mol. The van der Waals surface area contributed by atoms with Crippen molar-refractivity contribution in [2.75, 3.05) is 6.54 Å². The Labute approximate surface area is 165 Å². The second-order valence-electron chi connectivity index (χ2n) is 6.95. The Balaban J connectivity index is 1.67. The Hall–Kier alpha value is -3.11. The SMILES string of the molecule is NCCCCc1c(-c2cccnc2)[nH]c2ccc(OCc3ccccc3)cc12. The number of nitrogens with two attached hydrogens (primary N) is 1. The van der Waals surface area contributed by atoms with Gasteiger partial charge in [-0.25, -0.2) is 0 Å². The lowest BCUT2D eigenvalue weighted by Crippen LogP contribution is -1.99. The molecule has 0 atom stereocenters. The number of nitrogens with one attached hydrogen (secondary N) is 1. The Morgan fingerprint density at radius 2 is 1.86 bits per heavy atom. The molecule has 0 saturated carbocycles. The normalized spacial score (nSPS) is 11.0. The summed E-state index contributed by atoms with van der Waals surface area (Å²) >= 11 is 0. The van der Waals surface area contributed by atoms with Crippen molar-refractivity contribution in [2.45, 2.75) is 25.9 Å². The van der Waals surface area contributed by atoms with Crippen LogP contribution in [0.4, 0.5) is 0 Å². The van der Waals surface area contributed by atoms with Crippen molar-refractivity contribution in [1.29, 1.82) is 0 Å². The van der Waals surface area contributed by atoms with Gasteiger partial charge in [-0.15, -0.1) is 0 Å². The van der Waals surface area contributed by atoms with E-state index in [9.17, 15) is 0 Å². The van der Waals surface area contributed by atoms with Crippen LogP contribution in [0.5, 0.6) is 5.75 Å². The summed E-state index contributed by atoms with van der Waals surface area (Å²) in [7, 11) is 0. The molecule has 4 heteroatoms. The van der Waals surface area contributed by atoms with Crippen LogP contribution in [0.15, 0.2) is 73.1 Å². The van der Waals surface area contributed by atoms with Gasteiger partial charge in [-0.3, -0.25) is 4.98 Å². The summed E-state index contributed by atoms with van der Waals surface area (Å²) in [5.74, 6) is 0.883. The number of fused-ring (bicyclic) bond motifs is 1. The molecule has 2 aromatic heterocycles. The molecule has 3 N–H and O–H groups in total. The molecule has 28 heavy (non-hydrogen) atoms. The van der Waals surface area contributed by atoms with E-state index in [1.807, 2.05) is 36.5 Å². The molecule has 2 heterocycles. The number of unbranched alkanes of at least 4 members (excludes halogenated alkanes) is 1. The zero-order chi connectivity index (χ0) is 19.2. The summed E-state index contributed by atoms with van der Waals surface area (Å²) in [5.41, 5.74) is 11.5. The topological polar surface area (TPSA) is 63.9 Å². The minimum atomic E-state index is 0.564. The standard InChI is InChI=1S/C24H25N3O/c25-13-5-4-10-21-22-15-20(28-17-18-7-2-1-3-8-18)11-12-23(22)27-24(21)19-9-6-14-26-16-19/h1-3,6-9,11-12,14-16,27H,4-5,10,13,17,25H2. The number of ether oxygens (including phenoxy) is 1. The van der Waals surface area contributed by atoms with Crippen molar-refractivity contribution >= 4 is 10.9 Å². The van der Waals surface area contributed by atoms with E-state index in [4.69, 9.17) is 10.5 Å². The number of H-pyrrole nitrogens is 1. The maximum atomic E-state index is 6.05. The van der Waals surface area contributed by atoms with Crippen molar-refractivity contribution < 1.29 is 4.74 Å². The zero-order valence-corrected chi connectivity index (χ0v) is 15.9. The molecule has 0 aliphatic heterocycles. The average molecular weight is 371 g/mol. The van der Waals surface area contributed by atoms with E-state index < -0.39 is 0 Å². The van der Waals surface area contributed by atoms with E-state index in [0.29, 0.717) is 6.61 Å². The molecule has 0 fully saturated rings. The molecule has 0 unspecified atom stereocenters. The lowest BCUT2D eigenvalue weighted by Gasteiger charge is -2.08. The minimum Gasteiger partial charge on any atom is -0.489 e. The summed E-state index contributed by atoms with van der Waals surface area (Å²) in [5, 5.41) is 1.21. The van der Waals surface area contributed by atoms with Gasteiger partial charge in [0.1, 0.15) is 12.4 Å². The largest absolute Gasteiger partial charge is 0.489 e. The van der Waals surface area contributed by atoms with Crippen LogP contribution in [0.25, 0.3) is 22.2 Å². The lowest BCUT2D eigenvalue weighted by molar-refractivity contribution is 0.306. The van der Waals surface area contributed by atoms with Crippen molar-refractivity contribution in [3.8, 4) is 17.0 Å². The van der Waals surface area contributed by atoms with Crippen LogP contribution in [0.2, 0.25) is 0 Å². The second-order valence-corrected chi connectivity index (χ2v) is 6.95. The first-order valence-corrected chi connectivity index (χ1v) is 9.77. The molecule has 4 rings (SSSR count). The Bertz CT molecular complexity index is 1030. The number of pyridine rings is 1. The van der Waals surface area contributed by atoms with Gasteiger partial charge >= 0.3 is 0 Å². The minimum absolute atomic E-state index is 0.564. The highest BCUT2D eigenvalue weighted by Crippen LogP contribution is 2.33. The van der Waals surface area contributed by atoms with Crippen LogP contribution >= 0.6 is 0 Å². The van der Waals surface area contributed by atoms with Crippen LogP contribution in [-0.4, -0.2) is 16.5 Å². The number of aromatic amines is 1. The van der Waals surface area contributed by atoms with Crippen molar-refractivity contribution in [2.24, 2.45) is 5.73 Å². The smallest absolute Gasteiger partial charge is 0.120 e. The van der Waals surface area contributed by atoms with Gasteiger partial charge in [0.05, 0.1) is 5.69 Å². The van der Waals surface area contributed by atoms with Gasteiger partial charge in [0, 0.05) is 28.9 Å². The summed E-state index contributed by atoms with van der Waals surface area (Å²) in [6.07, 6.45) is 6.76. The van der Waals surface area contributed by atoms with Crippen LogP contribution in [0.3, 0.4) is 0 Å². The van der Waals surface area contributed by atoms with Crippen molar-refractivity contribution in [3.05, 3.63) is 84.2 Å². The highest BCUT2D eigenvalue weighted by atomic mass is 16.5. The van der Waals surface area contributed by atoms with E-state index in [1.165, 1.54) is 10.9 Å². The highest BCUT2D eigenvalue weighted by Gasteiger charge is 2.14. The maximum Gasteiger partial charge on any atom is 0.120 e. The third-order valence-corrected chi connectivity index (χ3v) is 4.96. The molecule has 0 aliphatic rings. The molecule has 0 amide bonds. The molecular formula is C24H25N3O. The zero-order valence-electron chi connectivity index (χ0n) is 15.9. The summed E-state index contributed by atoms with van der Waals surface area (Å²) < 4.78 is 6.05. The third kappa shape index (κ3) is 4.07. The molecule has 0 spiro atoms. The lowest BCUT2D eigenvalue weighted by atomic mass is 10.0. The van der Waals surface area contributed by atoms with E-state index >= 15 is 0 Å². The fourth-order valence-corrected chi connectivity index (χ4v) is 3.52. The van der Waals surface area contributed by atoms with Crippen LogP contribution < -0.4 is 10.5 Å². The van der Waals surface area contributed by atoms with E-state index in [1.54, 1.807) is 6.20 Å². The molecule has 0 aliphatic carbocycles. The van der Waals surface area contributed by atoms with Gasteiger partial charge in [-0.2, -0.15) is 0 Å². The quantitative estimate of drug-likeness (QED) is 0.424. The van der Waals surface area contributed by atoms with Gasteiger partial charge < -0.3 is 15.5 Å². The number of rotatable bonds is 8. The van der Waals surface area contributed by atoms with Crippen LogP contribution in [0, 0.1) is 0 Å². The number of nitrogens with zero attached hydrogens (tertiary/aromatic N) is 1. The molecule has 4 aromatic rings. The number of hydrogen-bond acceptors (Lipinski definition) is 3. The average Bonchev–Trinajstić information content (AvgIpc) is 3.12. The van der Waals surface area contributed by atoms with Gasteiger partial charge in [0.25, 0.3) is 0 Å². The van der Waals surface area contributed by atoms with Gasteiger partial charge in [0.2, 0.25) is 0 Å². The van der Waals surface area contributed by atoms with Crippen molar-refractivity contribution in [1.82, 2.24) is 9.97 Å². The molecular weight excluding hydrogens is 346 g/mol. The van der Waals surface area contributed by atoms with Crippen LogP contribution in [0.1, 0.15) is 24.0 Å². The van der Waals surface area contributed by atoms with Crippen LogP contribution in [-0.2, 0) is 13.0 Å². The summed E-state index contributed by atoms with van der Waals surface area (Å²) in [6, 6.07) is 20.6. The number of aromatic nitrogens is 2. The van der Waals surface area contributed by atoms with Gasteiger partial charge in [-0.05, 0) is 67.3 Å². The van der Waals surface area contributed by atoms with Gasteiger partial charge in [-0.1, -0.05) is 30.3 Å². The van der Waals surface area contributed by atoms with E-state index in [2.05, 4.69) is 40.3 Å². The molecule has 2 aromatic carbocycles. The molecule has 4 nitrogen and oxygen atoms in total. The highest BCUT2D eigenvalue weighted by molar-refractivity contribution is 5.91. The molecule has 142 valence electrons. The first-order valence-electron chi connectivity index (χ1n) is 9.77. The molecule has 0 radical (unpaired) electrons. The van der Waals surface area contributed by atoms with E-state index in [0.717, 1.165) is 53.9 Å². The fourth-order valence-electron chi connectivity index (χ4n) is 3.52. The summed E-state index contributed by atoms with van der Waals surface area (Å²) in [4.78, 5) is 7.87. The fraction of sp³-hybridized carbons (Fsp3) is 0.208. The summed E-state index contributed by atoms with van der Waals surface area (Å²) in [6.45, 7) is 1.28. The first kappa shape index (κ1) is 18.3. The number of benzene rings is 2. The Morgan fingerprint density at radius 1 is 0.964 bits per heavy atom. The monoisotopic (exact) mass is 371 g/mol.